The van der Waals surface area contributed by atoms with E-state index in [-0.39, 0.29) is 18.9 Å². The number of ether oxygens (including phenoxy) is 4. The SMILES string of the molecule is COc1ccc2c3c1O[C@H]1C(OC(=O)CCC(=O)O[C@@H](C)C(=O)O)=CC[C@@]4(O)[C@@H](C2)N(C)CC[C@]314.O=C(O)C(F)(F)F. The second-order valence-corrected chi connectivity index (χ2v) is 10.5. The number of hydrogen-bond donors (Lipinski definition) is 3. The molecule has 1 fully saturated rings. The Kier molecular flexibility index (Phi) is 8.21. The molecule has 5 rings (SSSR count). The summed E-state index contributed by atoms with van der Waals surface area (Å²) in [6, 6.07) is 3.76. The van der Waals surface area contributed by atoms with E-state index in [9.17, 15) is 32.7 Å². The van der Waals surface area contributed by atoms with Crippen molar-refractivity contribution in [2.24, 2.45) is 0 Å². The van der Waals surface area contributed by atoms with E-state index in [2.05, 4.69) is 4.90 Å². The number of hydrogen-bond acceptors (Lipinski definition) is 10. The highest BCUT2D eigenvalue weighted by Crippen LogP contribution is 2.65. The van der Waals surface area contributed by atoms with E-state index in [1.54, 1.807) is 13.2 Å². The molecule has 0 amide bonds. The van der Waals surface area contributed by atoms with Crippen molar-refractivity contribution in [2.75, 3.05) is 20.7 Å². The summed E-state index contributed by atoms with van der Waals surface area (Å²) in [6.07, 6.45) is -4.39. The zero-order valence-corrected chi connectivity index (χ0v) is 22.9. The second-order valence-electron chi connectivity index (χ2n) is 10.5. The van der Waals surface area contributed by atoms with Gasteiger partial charge in [0.1, 0.15) is 5.76 Å². The average molecular weight is 602 g/mol. The first-order valence-electron chi connectivity index (χ1n) is 13.0. The van der Waals surface area contributed by atoms with Crippen LogP contribution in [-0.2, 0) is 40.5 Å². The quantitative estimate of drug-likeness (QED) is 0.389. The van der Waals surface area contributed by atoms with Crippen molar-refractivity contribution in [1.29, 1.82) is 0 Å². The number of rotatable bonds is 7. The molecule has 3 N–H and O–H groups in total. The molecule has 1 aromatic carbocycles. The van der Waals surface area contributed by atoms with Gasteiger partial charge in [0.05, 0.1) is 31.0 Å². The Balaban J connectivity index is 0.000000517. The highest BCUT2D eigenvalue weighted by atomic mass is 19.4. The van der Waals surface area contributed by atoms with Gasteiger partial charge in [0.2, 0.25) is 0 Å². The molecule has 2 aliphatic carbocycles. The number of piperidine rings is 1. The van der Waals surface area contributed by atoms with Gasteiger partial charge >= 0.3 is 30.1 Å². The summed E-state index contributed by atoms with van der Waals surface area (Å²) >= 11 is 0. The molecule has 12 nitrogen and oxygen atoms in total. The predicted molar refractivity (Wildman–Crippen MR) is 134 cm³/mol. The normalized spacial score (nSPS) is 27.6. The van der Waals surface area contributed by atoms with E-state index in [0.29, 0.717) is 36.5 Å². The van der Waals surface area contributed by atoms with E-state index in [4.69, 9.17) is 34.0 Å². The number of halogens is 3. The number of likely N-dealkylation sites (N-methyl/N-ethyl adjacent to an activating group) is 1. The second kappa shape index (κ2) is 11.1. The van der Waals surface area contributed by atoms with Crippen LogP contribution >= 0.6 is 0 Å². The Morgan fingerprint density at radius 3 is 2.40 bits per heavy atom. The fourth-order valence-corrected chi connectivity index (χ4v) is 6.28. The maximum Gasteiger partial charge on any atom is 0.490 e. The number of likely N-dealkylation sites (tertiary alicyclic amines) is 1. The smallest absolute Gasteiger partial charge is 0.490 e. The molecule has 230 valence electrons. The van der Waals surface area contributed by atoms with E-state index >= 15 is 0 Å². The van der Waals surface area contributed by atoms with E-state index in [0.717, 1.165) is 17.7 Å². The molecule has 0 unspecified atom stereocenters. The lowest BCUT2D eigenvalue weighted by Gasteiger charge is -2.61. The Labute approximate surface area is 237 Å². The van der Waals surface area contributed by atoms with Gasteiger partial charge in [-0.2, -0.15) is 13.2 Å². The number of methoxy groups -OCH3 is 1. The topological polar surface area (TPSA) is 169 Å². The summed E-state index contributed by atoms with van der Waals surface area (Å²) in [5.41, 5.74) is 0.123. The fraction of sp³-hybridized carbons (Fsp3) is 0.556. The van der Waals surface area contributed by atoms with Gasteiger partial charge < -0.3 is 39.2 Å². The van der Waals surface area contributed by atoms with Crippen LogP contribution in [0.1, 0.15) is 43.7 Å². The number of carboxylic acids is 2. The molecule has 5 atom stereocenters. The first kappa shape index (κ1) is 31.1. The molecule has 42 heavy (non-hydrogen) atoms. The minimum atomic E-state index is -5.08. The lowest BCUT2D eigenvalue weighted by atomic mass is 9.50. The Hall–Kier alpha value is -3.85. The van der Waals surface area contributed by atoms with Gasteiger partial charge in [-0.15, -0.1) is 0 Å². The molecule has 1 spiro atoms. The van der Waals surface area contributed by atoms with Gasteiger partial charge in [0.25, 0.3) is 0 Å². The minimum absolute atomic E-state index is 0.117. The van der Waals surface area contributed by atoms with Crippen LogP contribution in [0.5, 0.6) is 11.5 Å². The average Bonchev–Trinajstić information content (AvgIpc) is 3.26. The summed E-state index contributed by atoms with van der Waals surface area (Å²) in [5.74, 6) is -4.04. The number of nitrogens with zero attached hydrogens (tertiary/aromatic N) is 1. The van der Waals surface area contributed by atoms with Crippen LogP contribution in [-0.4, -0.2) is 94.8 Å². The highest BCUT2D eigenvalue weighted by Gasteiger charge is 2.72. The maximum atomic E-state index is 12.6. The number of carbonyl (C=O) groups is 4. The van der Waals surface area contributed by atoms with E-state index in [1.807, 2.05) is 19.2 Å². The van der Waals surface area contributed by atoms with Crippen molar-refractivity contribution in [3.63, 3.8) is 0 Å². The van der Waals surface area contributed by atoms with Gasteiger partial charge in [-0.05, 0) is 51.1 Å². The summed E-state index contributed by atoms with van der Waals surface area (Å²) in [5, 5.41) is 28.1. The number of benzene rings is 1. The molecule has 0 radical (unpaired) electrons. The van der Waals surface area contributed by atoms with Gasteiger partial charge in [-0.3, -0.25) is 9.59 Å². The van der Waals surface area contributed by atoms with Crippen molar-refractivity contribution < 1.29 is 66.6 Å². The molecule has 15 heteroatoms. The number of aliphatic hydroxyl groups is 1. The van der Waals surface area contributed by atoms with Crippen molar-refractivity contribution in [2.45, 2.75) is 74.5 Å². The van der Waals surface area contributed by atoms with Gasteiger partial charge in [-0.1, -0.05) is 6.07 Å². The number of alkyl halides is 3. The summed E-state index contributed by atoms with van der Waals surface area (Å²) in [6.45, 7) is 1.99. The maximum absolute atomic E-state index is 12.6. The van der Waals surface area contributed by atoms with Gasteiger partial charge in [-0.25, -0.2) is 9.59 Å². The van der Waals surface area contributed by atoms with Crippen molar-refractivity contribution in [3.8, 4) is 11.5 Å². The van der Waals surface area contributed by atoms with Crippen molar-refractivity contribution in [3.05, 3.63) is 35.1 Å². The molecule has 2 aliphatic heterocycles. The summed E-state index contributed by atoms with van der Waals surface area (Å²) in [7, 11) is 3.58. The van der Waals surface area contributed by atoms with Crippen LogP contribution in [0.4, 0.5) is 13.2 Å². The first-order valence-corrected chi connectivity index (χ1v) is 13.0. The number of carbonyl (C=O) groups excluding carboxylic acids is 2. The zero-order valence-electron chi connectivity index (χ0n) is 22.9. The molecule has 1 saturated heterocycles. The molecular formula is C27H30F3NO11. The lowest BCUT2D eigenvalue weighted by molar-refractivity contribution is -0.192. The Morgan fingerprint density at radius 2 is 1.81 bits per heavy atom. The lowest BCUT2D eigenvalue weighted by Crippen LogP contribution is -2.74. The molecule has 2 heterocycles. The largest absolute Gasteiger partial charge is 0.493 e. The van der Waals surface area contributed by atoms with Crippen LogP contribution in [0, 0.1) is 0 Å². The van der Waals surface area contributed by atoms with Gasteiger partial charge in [0, 0.05) is 18.0 Å². The van der Waals surface area contributed by atoms with Crippen LogP contribution in [0.15, 0.2) is 24.0 Å². The standard InChI is InChI=1S/C25H29NO9.C2HF3O2/c1-13(23(29)30)33-18(27)6-7-19(28)34-16-8-9-25(31)17-12-14-4-5-15(32-3)21-20(14)24(25,22(16)35-21)10-11-26(17)2;3-2(4,5)1(6)7/h4-5,8,13,17,22,31H,6-7,9-12H2,1-3H3,(H,29,30);(H,6,7)/t13-,17+,22-,24-,25+;/m0./s1. The highest BCUT2D eigenvalue weighted by molar-refractivity contribution is 5.81. The predicted octanol–water partition coefficient (Wildman–Crippen LogP) is 1.95. The number of carboxylic acid groups (broad SMARTS) is 2. The van der Waals surface area contributed by atoms with Crippen molar-refractivity contribution >= 4 is 23.9 Å². The third-order valence-corrected chi connectivity index (χ3v) is 8.22. The van der Waals surface area contributed by atoms with E-state index in [1.165, 1.54) is 6.92 Å². The Bertz CT molecular complexity index is 1330. The fourth-order valence-electron chi connectivity index (χ4n) is 6.28. The molecule has 2 bridgehead atoms. The third kappa shape index (κ3) is 5.15. The van der Waals surface area contributed by atoms with E-state index < -0.39 is 53.3 Å². The molecule has 0 saturated carbocycles. The summed E-state index contributed by atoms with van der Waals surface area (Å²) < 4.78 is 54.2. The minimum Gasteiger partial charge on any atom is -0.493 e. The van der Waals surface area contributed by atoms with Gasteiger partial charge in [0.15, 0.2) is 23.7 Å². The van der Waals surface area contributed by atoms with Crippen LogP contribution in [0.25, 0.3) is 0 Å². The molecule has 1 aromatic rings. The monoisotopic (exact) mass is 601 g/mol. The number of aliphatic carboxylic acids is 2. The zero-order chi connectivity index (χ0) is 31.2. The first-order chi connectivity index (χ1) is 19.6. The molecular weight excluding hydrogens is 571 g/mol. The number of esters is 2. The Morgan fingerprint density at radius 1 is 1.17 bits per heavy atom. The summed E-state index contributed by atoms with van der Waals surface area (Å²) in [4.78, 5) is 46.4. The molecule has 4 aliphatic rings. The van der Waals surface area contributed by atoms with Crippen LogP contribution in [0.2, 0.25) is 0 Å². The third-order valence-electron chi connectivity index (χ3n) is 8.22. The van der Waals surface area contributed by atoms with Crippen LogP contribution in [0.3, 0.4) is 0 Å². The van der Waals surface area contributed by atoms with Crippen LogP contribution < -0.4 is 9.47 Å². The molecule has 0 aromatic heterocycles. The van der Waals surface area contributed by atoms with Crippen molar-refractivity contribution in [1.82, 2.24) is 4.90 Å².